The van der Waals surface area contributed by atoms with Gasteiger partial charge in [-0.2, -0.15) is 9.61 Å². The molecule has 0 bridgehead atoms. The molecule has 160 valence electrons. The third kappa shape index (κ3) is 4.23. The standard InChI is InChI=1S/C21H23ClF2N4O2/c1-5-7-27(12(3)4)19-11-16(13-8-14(23)20(22)15(24)9-13)25-18-10-17(26-28(18)19)21(29)30-6-2/h8-12H,5-7H2,1-4H3. The third-order valence-electron chi connectivity index (χ3n) is 4.55. The fourth-order valence-electron chi connectivity index (χ4n) is 3.20. The fourth-order valence-corrected chi connectivity index (χ4v) is 3.31. The Kier molecular flexibility index (Phi) is 6.55. The summed E-state index contributed by atoms with van der Waals surface area (Å²) in [7, 11) is 0. The topological polar surface area (TPSA) is 59.7 Å². The molecule has 9 heteroatoms. The molecule has 2 heterocycles. The highest BCUT2D eigenvalue weighted by Crippen LogP contribution is 2.30. The quantitative estimate of drug-likeness (QED) is 0.379. The largest absolute Gasteiger partial charge is 0.461 e. The van der Waals surface area contributed by atoms with Crippen molar-refractivity contribution in [1.82, 2.24) is 14.6 Å². The van der Waals surface area contributed by atoms with Crippen molar-refractivity contribution >= 4 is 29.0 Å². The number of fused-ring (bicyclic) bond motifs is 1. The summed E-state index contributed by atoms with van der Waals surface area (Å²) in [6.45, 7) is 8.74. The predicted octanol–water partition coefficient (Wildman–Crippen LogP) is 5.13. The molecule has 3 rings (SSSR count). The van der Waals surface area contributed by atoms with Crippen molar-refractivity contribution in [1.29, 1.82) is 0 Å². The average molecular weight is 437 g/mol. The Balaban J connectivity index is 2.25. The van der Waals surface area contributed by atoms with Crippen molar-refractivity contribution in [3.63, 3.8) is 0 Å². The van der Waals surface area contributed by atoms with Crippen molar-refractivity contribution in [2.24, 2.45) is 0 Å². The molecule has 0 radical (unpaired) electrons. The maximum atomic E-state index is 14.1. The zero-order chi connectivity index (χ0) is 22.0. The number of aromatic nitrogens is 3. The van der Waals surface area contributed by atoms with Gasteiger partial charge in [-0.3, -0.25) is 0 Å². The smallest absolute Gasteiger partial charge is 0.358 e. The van der Waals surface area contributed by atoms with Gasteiger partial charge in [0.1, 0.15) is 22.5 Å². The SMILES string of the molecule is CCCN(c1cc(-c2cc(F)c(Cl)c(F)c2)nc2cc(C(=O)OCC)nn12)C(C)C. The number of carbonyl (C=O) groups excluding carboxylic acids is 1. The number of anilines is 1. The van der Waals surface area contributed by atoms with Gasteiger partial charge in [0, 0.05) is 30.3 Å². The lowest BCUT2D eigenvalue weighted by atomic mass is 10.1. The summed E-state index contributed by atoms with van der Waals surface area (Å²) >= 11 is 5.62. The van der Waals surface area contributed by atoms with Crippen LogP contribution in [0.3, 0.4) is 0 Å². The van der Waals surface area contributed by atoms with Crippen LogP contribution in [0.25, 0.3) is 16.9 Å². The van der Waals surface area contributed by atoms with Crippen LogP contribution in [0.5, 0.6) is 0 Å². The van der Waals surface area contributed by atoms with E-state index in [9.17, 15) is 13.6 Å². The number of esters is 1. The van der Waals surface area contributed by atoms with E-state index >= 15 is 0 Å². The Morgan fingerprint density at radius 2 is 1.87 bits per heavy atom. The van der Waals surface area contributed by atoms with Gasteiger partial charge in [0.05, 0.1) is 12.3 Å². The van der Waals surface area contributed by atoms with Gasteiger partial charge in [-0.15, -0.1) is 0 Å². The van der Waals surface area contributed by atoms with Crippen molar-refractivity contribution in [3.05, 3.63) is 46.6 Å². The van der Waals surface area contributed by atoms with E-state index in [4.69, 9.17) is 16.3 Å². The average Bonchev–Trinajstić information content (AvgIpc) is 3.13. The molecule has 0 amide bonds. The Morgan fingerprint density at radius 3 is 2.43 bits per heavy atom. The molecule has 30 heavy (non-hydrogen) atoms. The second-order valence-electron chi connectivity index (χ2n) is 7.06. The van der Waals surface area contributed by atoms with Gasteiger partial charge < -0.3 is 9.64 Å². The zero-order valence-electron chi connectivity index (χ0n) is 17.2. The highest BCUT2D eigenvalue weighted by Gasteiger charge is 2.21. The first kappa shape index (κ1) is 22.0. The summed E-state index contributed by atoms with van der Waals surface area (Å²) in [5.74, 6) is -1.65. The van der Waals surface area contributed by atoms with E-state index in [0.29, 0.717) is 23.7 Å². The molecule has 0 saturated heterocycles. The fraction of sp³-hybridized carbons (Fsp3) is 0.381. The molecule has 0 aliphatic carbocycles. The second-order valence-corrected chi connectivity index (χ2v) is 7.44. The number of hydrogen-bond acceptors (Lipinski definition) is 5. The van der Waals surface area contributed by atoms with E-state index in [-0.39, 0.29) is 23.9 Å². The van der Waals surface area contributed by atoms with E-state index in [1.165, 1.54) is 6.07 Å². The summed E-state index contributed by atoms with van der Waals surface area (Å²) in [6, 6.07) is 5.58. The van der Waals surface area contributed by atoms with Gasteiger partial charge in [0.2, 0.25) is 0 Å². The summed E-state index contributed by atoms with van der Waals surface area (Å²) in [6.07, 6.45) is 0.869. The molecule has 0 aliphatic heterocycles. The molecule has 0 spiro atoms. The van der Waals surface area contributed by atoms with E-state index in [2.05, 4.69) is 15.0 Å². The monoisotopic (exact) mass is 436 g/mol. The van der Waals surface area contributed by atoms with Gasteiger partial charge in [-0.25, -0.2) is 18.6 Å². The number of ether oxygens (including phenoxy) is 1. The number of halogens is 3. The molecule has 2 aromatic heterocycles. The van der Waals surface area contributed by atoms with Gasteiger partial charge in [-0.1, -0.05) is 18.5 Å². The van der Waals surface area contributed by atoms with Crippen LogP contribution in [-0.2, 0) is 4.74 Å². The lowest BCUT2D eigenvalue weighted by molar-refractivity contribution is 0.0519. The molecule has 0 saturated carbocycles. The van der Waals surface area contributed by atoms with Gasteiger partial charge >= 0.3 is 5.97 Å². The Labute approximate surface area is 178 Å². The molecular weight excluding hydrogens is 414 g/mol. The first-order valence-electron chi connectivity index (χ1n) is 9.76. The van der Waals surface area contributed by atoms with Gasteiger partial charge in [0.15, 0.2) is 11.3 Å². The van der Waals surface area contributed by atoms with Crippen LogP contribution in [0.15, 0.2) is 24.3 Å². The molecular formula is C21H23ClF2N4O2. The number of rotatable bonds is 7. The minimum Gasteiger partial charge on any atom is -0.461 e. The highest BCUT2D eigenvalue weighted by molar-refractivity contribution is 6.31. The molecule has 0 atom stereocenters. The number of nitrogens with zero attached hydrogens (tertiary/aromatic N) is 4. The lowest BCUT2D eigenvalue weighted by Crippen LogP contribution is -2.33. The summed E-state index contributed by atoms with van der Waals surface area (Å²) in [5.41, 5.74) is 1.04. The maximum Gasteiger partial charge on any atom is 0.358 e. The van der Waals surface area contributed by atoms with Crippen molar-refractivity contribution < 1.29 is 18.3 Å². The van der Waals surface area contributed by atoms with Crippen LogP contribution >= 0.6 is 11.6 Å². The summed E-state index contributed by atoms with van der Waals surface area (Å²) in [5, 5.41) is 3.80. The van der Waals surface area contributed by atoms with Crippen molar-refractivity contribution in [2.75, 3.05) is 18.1 Å². The molecule has 0 unspecified atom stereocenters. The van der Waals surface area contributed by atoms with E-state index < -0.39 is 22.6 Å². The predicted molar refractivity (Wildman–Crippen MR) is 112 cm³/mol. The van der Waals surface area contributed by atoms with Crippen LogP contribution in [0, 0.1) is 11.6 Å². The van der Waals surface area contributed by atoms with Crippen LogP contribution < -0.4 is 4.90 Å². The van der Waals surface area contributed by atoms with E-state index in [0.717, 1.165) is 18.6 Å². The molecule has 0 aliphatic rings. The normalized spacial score (nSPS) is 11.3. The van der Waals surface area contributed by atoms with Crippen LogP contribution in [0.4, 0.5) is 14.6 Å². The van der Waals surface area contributed by atoms with E-state index in [1.807, 2.05) is 20.8 Å². The first-order chi connectivity index (χ1) is 14.3. The minimum absolute atomic E-state index is 0.108. The molecule has 6 nitrogen and oxygen atoms in total. The van der Waals surface area contributed by atoms with Gasteiger partial charge in [0.25, 0.3) is 0 Å². The zero-order valence-corrected chi connectivity index (χ0v) is 18.0. The lowest BCUT2D eigenvalue weighted by Gasteiger charge is -2.29. The van der Waals surface area contributed by atoms with Crippen LogP contribution in [0.2, 0.25) is 5.02 Å². The van der Waals surface area contributed by atoms with Crippen molar-refractivity contribution in [2.45, 2.75) is 40.2 Å². The number of benzene rings is 1. The summed E-state index contributed by atoms with van der Waals surface area (Å²) in [4.78, 5) is 18.7. The van der Waals surface area contributed by atoms with E-state index in [1.54, 1.807) is 17.5 Å². The number of hydrogen-bond donors (Lipinski definition) is 0. The van der Waals surface area contributed by atoms with Gasteiger partial charge in [-0.05, 0) is 39.3 Å². The minimum atomic E-state index is -0.870. The summed E-state index contributed by atoms with van der Waals surface area (Å²) < 4.78 is 34.7. The molecule has 1 aromatic carbocycles. The Hall–Kier alpha value is -2.74. The molecule has 0 fully saturated rings. The third-order valence-corrected chi connectivity index (χ3v) is 4.92. The molecule has 3 aromatic rings. The Bertz CT molecular complexity index is 1060. The first-order valence-corrected chi connectivity index (χ1v) is 10.1. The van der Waals surface area contributed by atoms with Crippen LogP contribution in [0.1, 0.15) is 44.6 Å². The second kappa shape index (κ2) is 8.95. The molecule has 0 N–H and O–H groups in total. The maximum absolute atomic E-state index is 14.1. The van der Waals surface area contributed by atoms with Crippen LogP contribution in [-0.4, -0.2) is 39.8 Å². The highest BCUT2D eigenvalue weighted by atomic mass is 35.5. The Morgan fingerprint density at radius 1 is 1.20 bits per heavy atom. The number of carbonyl (C=O) groups is 1. The van der Waals surface area contributed by atoms with Crippen molar-refractivity contribution in [3.8, 4) is 11.3 Å².